The largest absolute Gasteiger partial charge is 0.492 e. The van der Waals surface area contributed by atoms with Gasteiger partial charge in [0.1, 0.15) is 12.4 Å². The van der Waals surface area contributed by atoms with Crippen LogP contribution in [0.4, 0.5) is 5.69 Å². The van der Waals surface area contributed by atoms with E-state index in [-0.39, 0.29) is 11.8 Å². The fraction of sp³-hybridized carbons (Fsp3) is 0.278. The van der Waals surface area contributed by atoms with E-state index in [2.05, 4.69) is 18.3 Å². The molecule has 21 heavy (non-hydrogen) atoms. The molecular formula is C18H19NO2. The molecule has 1 N–H and O–H groups in total. The number of ether oxygens (including phenoxy) is 1. The van der Waals surface area contributed by atoms with E-state index in [1.165, 1.54) is 5.56 Å². The Morgan fingerprint density at radius 1 is 1.24 bits per heavy atom. The molecule has 1 atom stereocenters. The van der Waals surface area contributed by atoms with Crippen molar-refractivity contribution in [2.45, 2.75) is 19.8 Å². The Hall–Kier alpha value is -2.29. The van der Waals surface area contributed by atoms with Crippen molar-refractivity contribution in [2.75, 3.05) is 11.9 Å². The Morgan fingerprint density at radius 3 is 2.95 bits per heavy atom. The number of anilines is 1. The molecule has 2 aromatic carbocycles. The second-order valence-electron chi connectivity index (χ2n) is 5.36. The zero-order valence-electron chi connectivity index (χ0n) is 12.1. The van der Waals surface area contributed by atoms with E-state index in [9.17, 15) is 4.79 Å². The zero-order valence-corrected chi connectivity index (χ0v) is 12.1. The predicted octanol–water partition coefficient (Wildman–Crippen LogP) is 3.44. The molecule has 0 aliphatic carbocycles. The quantitative estimate of drug-likeness (QED) is 0.936. The highest BCUT2D eigenvalue weighted by Crippen LogP contribution is 2.27. The number of amides is 1. The lowest BCUT2D eigenvalue weighted by atomic mass is 9.96. The van der Waals surface area contributed by atoms with Gasteiger partial charge in [-0.25, -0.2) is 0 Å². The zero-order chi connectivity index (χ0) is 14.7. The highest BCUT2D eigenvalue weighted by atomic mass is 16.5. The SMILES string of the molecule is CCc1cccc(NC(=O)[C@H]2COc3ccccc3C2)c1. The van der Waals surface area contributed by atoms with Crippen LogP contribution >= 0.6 is 0 Å². The average molecular weight is 281 g/mol. The van der Waals surface area contributed by atoms with Crippen LogP contribution in [0.5, 0.6) is 5.75 Å². The standard InChI is InChI=1S/C18H19NO2/c1-2-13-6-5-8-16(10-13)19-18(20)15-11-14-7-3-4-9-17(14)21-12-15/h3-10,15H,2,11-12H2,1H3,(H,19,20)/t15-/m1/s1. The van der Waals surface area contributed by atoms with Gasteiger partial charge in [-0.05, 0) is 42.2 Å². The molecule has 1 amide bonds. The number of aryl methyl sites for hydroxylation is 1. The van der Waals surface area contributed by atoms with Crippen LogP contribution in [0.1, 0.15) is 18.1 Å². The lowest BCUT2D eigenvalue weighted by Crippen LogP contribution is -2.32. The molecule has 0 bridgehead atoms. The van der Waals surface area contributed by atoms with Crippen molar-refractivity contribution >= 4 is 11.6 Å². The maximum atomic E-state index is 12.4. The summed E-state index contributed by atoms with van der Waals surface area (Å²) in [6.45, 7) is 2.54. The van der Waals surface area contributed by atoms with Gasteiger partial charge in [0.2, 0.25) is 5.91 Å². The molecule has 3 heteroatoms. The lowest BCUT2D eigenvalue weighted by Gasteiger charge is -2.24. The number of fused-ring (bicyclic) bond motifs is 1. The van der Waals surface area contributed by atoms with Gasteiger partial charge in [0.05, 0.1) is 5.92 Å². The summed E-state index contributed by atoms with van der Waals surface area (Å²) in [7, 11) is 0. The molecule has 0 saturated heterocycles. The van der Waals surface area contributed by atoms with Gasteiger partial charge in [0, 0.05) is 5.69 Å². The Bertz CT molecular complexity index is 651. The molecule has 3 rings (SSSR count). The number of nitrogens with one attached hydrogen (secondary N) is 1. The second kappa shape index (κ2) is 6.00. The van der Waals surface area contributed by atoms with Crippen LogP contribution in [0, 0.1) is 5.92 Å². The number of rotatable bonds is 3. The third-order valence-corrected chi connectivity index (χ3v) is 3.85. The third-order valence-electron chi connectivity index (χ3n) is 3.85. The molecule has 1 heterocycles. The normalized spacial score (nSPS) is 16.7. The van der Waals surface area contributed by atoms with Crippen molar-refractivity contribution in [1.82, 2.24) is 0 Å². The molecule has 108 valence electrons. The summed E-state index contributed by atoms with van der Waals surface area (Å²) in [4.78, 5) is 12.4. The van der Waals surface area contributed by atoms with E-state index in [4.69, 9.17) is 4.74 Å². The number of benzene rings is 2. The van der Waals surface area contributed by atoms with Crippen molar-refractivity contribution in [2.24, 2.45) is 5.92 Å². The van der Waals surface area contributed by atoms with E-state index >= 15 is 0 Å². The van der Waals surface area contributed by atoms with Crippen LogP contribution in [0.15, 0.2) is 48.5 Å². The minimum Gasteiger partial charge on any atom is -0.492 e. The lowest BCUT2D eigenvalue weighted by molar-refractivity contribution is -0.121. The Morgan fingerprint density at radius 2 is 2.10 bits per heavy atom. The molecule has 0 unspecified atom stereocenters. The van der Waals surface area contributed by atoms with Gasteiger partial charge in [-0.15, -0.1) is 0 Å². The molecule has 0 fully saturated rings. The summed E-state index contributed by atoms with van der Waals surface area (Å²) < 4.78 is 5.68. The Balaban J connectivity index is 1.69. The van der Waals surface area contributed by atoms with Gasteiger partial charge in [0.25, 0.3) is 0 Å². The average Bonchev–Trinajstić information content (AvgIpc) is 2.54. The van der Waals surface area contributed by atoms with Gasteiger partial charge in [0.15, 0.2) is 0 Å². The van der Waals surface area contributed by atoms with Gasteiger partial charge in [-0.1, -0.05) is 37.3 Å². The Labute approximate surface area is 124 Å². The highest BCUT2D eigenvalue weighted by Gasteiger charge is 2.25. The van der Waals surface area contributed by atoms with Gasteiger partial charge >= 0.3 is 0 Å². The topological polar surface area (TPSA) is 38.3 Å². The highest BCUT2D eigenvalue weighted by molar-refractivity contribution is 5.93. The minimum atomic E-state index is -0.134. The van der Waals surface area contributed by atoms with E-state index in [1.54, 1.807) is 0 Å². The summed E-state index contributed by atoms with van der Waals surface area (Å²) in [5.41, 5.74) is 3.18. The van der Waals surface area contributed by atoms with E-state index < -0.39 is 0 Å². The maximum absolute atomic E-state index is 12.4. The van der Waals surface area contributed by atoms with E-state index in [0.29, 0.717) is 6.61 Å². The molecule has 0 saturated carbocycles. The molecule has 2 aromatic rings. The van der Waals surface area contributed by atoms with E-state index in [0.717, 1.165) is 29.8 Å². The van der Waals surface area contributed by atoms with Crippen molar-refractivity contribution in [1.29, 1.82) is 0 Å². The number of carbonyl (C=O) groups excluding carboxylic acids is 1. The van der Waals surface area contributed by atoms with E-state index in [1.807, 2.05) is 42.5 Å². The van der Waals surface area contributed by atoms with Crippen LogP contribution in [-0.2, 0) is 17.6 Å². The van der Waals surface area contributed by atoms with Crippen molar-refractivity contribution < 1.29 is 9.53 Å². The first-order chi connectivity index (χ1) is 10.3. The molecule has 3 nitrogen and oxygen atoms in total. The molecular weight excluding hydrogens is 262 g/mol. The minimum absolute atomic E-state index is 0.0257. The number of carbonyl (C=O) groups is 1. The first-order valence-electron chi connectivity index (χ1n) is 7.37. The van der Waals surface area contributed by atoms with Gasteiger partial charge < -0.3 is 10.1 Å². The van der Waals surface area contributed by atoms with Gasteiger partial charge in [-0.2, -0.15) is 0 Å². The molecule has 1 aliphatic heterocycles. The Kier molecular flexibility index (Phi) is 3.91. The first kappa shape index (κ1) is 13.7. The smallest absolute Gasteiger partial charge is 0.231 e. The summed E-state index contributed by atoms with van der Waals surface area (Å²) in [6, 6.07) is 15.9. The third kappa shape index (κ3) is 3.07. The van der Waals surface area contributed by atoms with Crippen molar-refractivity contribution in [3.8, 4) is 5.75 Å². The molecule has 0 radical (unpaired) electrons. The molecule has 1 aliphatic rings. The van der Waals surface area contributed by atoms with Crippen LogP contribution in [0.25, 0.3) is 0 Å². The van der Waals surface area contributed by atoms with Crippen LogP contribution < -0.4 is 10.1 Å². The fourth-order valence-electron chi connectivity index (χ4n) is 2.61. The van der Waals surface area contributed by atoms with Crippen LogP contribution in [-0.4, -0.2) is 12.5 Å². The van der Waals surface area contributed by atoms with Crippen molar-refractivity contribution in [3.63, 3.8) is 0 Å². The number of hydrogen-bond donors (Lipinski definition) is 1. The first-order valence-corrected chi connectivity index (χ1v) is 7.37. The van der Waals surface area contributed by atoms with Crippen molar-refractivity contribution in [3.05, 3.63) is 59.7 Å². The maximum Gasteiger partial charge on any atom is 0.231 e. The van der Waals surface area contributed by atoms with Gasteiger partial charge in [-0.3, -0.25) is 4.79 Å². The summed E-state index contributed by atoms with van der Waals surface area (Å²) >= 11 is 0. The summed E-state index contributed by atoms with van der Waals surface area (Å²) in [5.74, 6) is 0.789. The predicted molar refractivity (Wildman–Crippen MR) is 83.6 cm³/mol. The fourth-order valence-corrected chi connectivity index (χ4v) is 2.61. The van der Waals surface area contributed by atoms with Crippen LogP contribution in [0.2, 0.25) is 0 Å². The molecule has 0 spiro atoms. The number of para-hydroxylation sites is 1. The van der Waals surface area contributed by atoms with Crippen LogP contribution in [0.3, 0.4) is 0 Å². The molecule has 0 aromatic heterocycles. The summed E-state index contributed by atoms with van der Waals surface area (Å²) in [5, 5.41) is 3.00. The summed E-state index contributed by atoms with van der Waals surface area (Å²) in [6.07, 6.45) is 1.69. The second-order valence-corrected chi connectivity index (χ2v) is 5.36. The monoisotopic (exact) mass is 281 g/mol. The number of hydrogen-bond acceptors (Lipinski definition) is 2.